The second-order valence-corrected chi connectivity index (χ2v) is 9.01. The van der Waals surface area contributed by atoms with Crippen LogP contribution in [0.25, 0.3) is 0 Å². The molecule has 0 radical (unpaired) electrons. The van der Waals surface area contributed by atoms with E-state index in [1.807, 2.05) is 0 Å². The largest absolute Gasteiger partial charge is 0.423 e. The van der Waals surface area contributed by atoms with Crippen molar-refractivity contribution in [3.05, 3.63) is 64.7 Å². The van der Waals surface area contributed by atoms with Crippen LogP contribution in [0.1, 0.15) is 74.7 Å². The summed E-state index contributed by atoms with van der Waals surface area (Å²) in [6, 6.07) is 5.39. The molecule has 0 amide bonds. The number of esters is 1. The number of hydrogen-bond donors (Lipinski definition) is 0. The molecule has 1 unspecified atom stereocenters. The second-order valence-electron chi connectivity index (χ2n) is 9.01. The molecule has 6 heteroatoms. The van der Waals surface area contributed by atoms with Crippen LogP contribution in [0, 0.1) is 41.0 Å². The van der Waals surface area contributed by atoms with Gasteiger partial charge in [0, 0.05) is 12.1 Å². The SMILES string of the molecule is CCCCC1CCC(C(C)Cc2ccc(C(=O)Oc3cc(F)c(F)c(F)c3)c(F)c2)CC1. The van der Waals surface area contributed by atoms with Crippen LogP contribution in [0.3, 0.4) is 0 Å². The van der Waals surface area contributed by atoms with Gasteiger partial charge in [-0.1, -0.05) is 52.0 Å². The first-order valence-electron chi connectivity index (χ1n) is 11.4. The van der Waals surface area contributed by atoms with E-state index in [-0.39, 0.29) is 5.56 Å². The summed E-state index contributed by atoms with van der Waals surface area (Å²) in [7, 11) is 0. The van der Waals surface area contributed by atoms with Crippen LogP contribution in [0.2, 0.25) is 0 Å². The number of carbonyl (C=O) groups excluding carboxylic acids is 1. The highest BCUT2D eigenvalue weighted by molar-refractivity contribution is 5.91. The van der Waals surface area contributed by atoms with Gasteiger partial charge < -0.3 is 4.74 Å². The Bertz CT molecular complexity index is 912. The van der Waals surface area contributed by atoms with E-state index in [9.17, 15) is 22.4 Å². The highest BCUT2D eigenvalue weighted by atomic mass is 19.2. The third kappa shape index (κ3) is 6.11. The van der Waals surface area contributed by atoms with Crippen molar-refractivity contribution in [1.82, 2.24) is 0 Å². The molecule has 1 aliphatic rings. The molecule has 174 valence electrons. The number of ether oxygens (including phenoxy) is 1. The Hall–Kier alpha value is -2.37. The Morgan fingerprint density at radius 1 is 1.00 bits per heavy atom. The van der Waals surface area contributed by atoms with Gasteiger partial charge in [0.25, 0.3) is 0 Å². The smallest absolute Gasteiger partial charge is 0.346 e. The van der Waals surface area contributed by atoms with Crippen molar-refractivity contribution in [3.8, 4) is 5.75 Å². The van der Waals surface area contributed by atoms with E-state index in [0.717, 1.165) is 11.5 Å². The normalized spacial score (nSPS) is 19.6. The van der Waals surface area contributed by atoms with Crippen molar-refractivity contribution >= 4 is 5.97 Å². The summed E-state index contributed by atoms with van der Waals surface area (Å²) in [5.74, 6) is -5.17. The fourth-order valence-corrected chi connectivity index (χ4v) is 4.68. The predicted molar refractivity (Wildman–Crippen MR) is 116 cm³/mol. The zero-order chi connectivity index (χ0) is 23.3. The van der Waals surface area contributed by atoms with E-state index in [1.54, 1.807) is 6.07 Å². The first-order valence-corrected chi connectivity index (χ1v) is 11.4. The van der Waals surface area contributed by atoms with Crippen LogP contribution in [-0.4, -0.2) is 5.97 Å². The first kappa shape index (κ1) is 24.3. The van der Waals surface area contributed by atoms with Crippen molar-refractivity contribution in [2.24, 2.45) is 17.8 Å². The highest BCUT2D eigenvalue weighted by Gasteiger charge is 2.25. The number of unbranched alkanes of at least 4 members (excludes halogenated alkanes) is 1. The van der Waals surface area contributed by atoms with E-state index in [0.29, 0.717) is 30.4 Å². The molecule has 1 saturated carbocycles. The van der Waals surface area contributed by atoms with Gasteiger partial charge in [0.15, 0.2) is 17.5 Å². The minimum atomic E-state index is -1.66. The zero-order valence-electron chi connectivity index (χ0n) is 18.6. The quantitative estimate of drug-likeness (QED) is 0.179. The molecule has 0 bridgehead atoms. The maximum absolute atomic E-state index is 14.6. The van der Waals surface area contributed by atoms with E-state index < -0.39 is 35.0 Å². The fraction of sp³-hybridized carbons (Fsp3) is 0.500. The van der Waals surface area contributed by atoms with Gasteiger partial charge in [-0.3, -0.25) is 0 Å². The average Bonchev–Trinajstić information content (AvgIpc) is 2.76. The van der Waals surface area contributed by atoms with Crippen molar-refractivity contribution in [1.29, 1.82) is 0 Å². The standard InChI is InChI=1S/C26H30F4O2/c1-3-4-5-17-6-9-19(10-7-17)16(2)12-18-8-11-21(22(27)13-18)26(31)32-20-14-23(28)25(30)24(29)15-20/h8,11,13-17,19H,3-7,9-10,12H2,1-2H3. The summed E-state index contributed by atoms with van der Waals surface area (Å²) in [5, 5.41) is 0. The van der Waals surface area contributed by atoms with E-state index in [4.69, 9.17) is 4.74 Å². The Morgan fingerprint density at radius 3 is 2.25 bits per heavy atom. The molecule has 1 aliphatic carbocycles. The zero-order valence-corrected chi connectivity index (χ0v) is 18.6. The van der Waals surface area contributed by atoms with E-state index in [2.05, 4.69) is 13.8 Å². The lowest BCUT2D eigenvalue weighted by molar-refractivity contribution is 0.0728. The number of rotatable bonds is 8. The molecule has 0 heterocycles. The number of halogens is 4. The molecular weight excluding hydrogens is 420 g/mol. The molecule has 2 aromatic carbocycles. The van der Waals surface area contributed by atoms with Crippen molar-refractivity contribution in [2.45, 2.75) is 65.2 Å². The maximum atomic E-state index is 14.6. The number of benzene rings is 2. The highest BCUT2D eigenvalue weighted by Crippen LogP contribution is 2.37. The molecule has 1 atom stereocenters. The number of hydrogen-bond acceptors (Lipinski definition) is 2. The Kier molecular flexibility index (Phi) is 8.32. The van der Waals surface area contributed by atoms with Crippen LogP contribution in [0.4, 0.5) is 17.6 Å². The Balaban J connectivity index is 1.58. The van der Waals surface area contributed by atoms with Gasteiger partial charge in [-0.15, -0.1) is 0 Å². The van der Waals surface area contributed by atoms with E-state index >= 15 is 0 Å². The van der Waals surface area contributed by atoms with Gasteiger partial charge in [-0.25, -0.2) is 22.4 Å². The molecule has 0 spiro atoms. The van der Waals surface area contributed by atoms with E-state index in [1.165, 1.54) is 57.1 Å². The molecule has 2 nitrogen and oxygen atoms in total. The summed E-state index contributed by atoms with van der Waals surface area (Å²) >= 11 is 0. The molecule has 0 saturated heterocycles. The molecule has 3 rings (SSSR count). The summed E-state index contributed by atoms with van der Waals surface area (Å²) in [6.45, 7) is 4.41. The summed E-state index contributed by atoms with van der Waals surface area (Å²) < 4.78 is 59.0. The lowest BCUT2D eigenvalue weighted by Crippen LogP contribution is -2.21. The molecule has 0 aromatic heterocycles. The maximum Gasteiger partial charge on any atom is 0.346 e. The van der Waals surface area contributed by atoms with Crippen LogP contribution in [0.15, 0.2) is 30.3 Å². The van der Waals surface area contributed by atoms with Gasteiger partial charge >= 0.3 is 5.97 Å². The summed E-state index contributed by atoms with van der Waals surface area (Å²) in [4.78, 5) is 12.2. The topological polar surface area (TPSA) is 26.3 Å². The predicted octanol–water partition coefficient (Wildman–Crippen LogP) is 7.64. The lowest BCUT2D eigenvalue weighted by atomic mass is 9.73. The minimum Gasteiger partial charge on any atom is -0.423 e. The fourth-order valence-electron chi connectivity index (χ4n) is 4.68. The van der Waals surface area contributed by atoms with Crippen LogP contribution < -0.4 is 4.74 Å². The van der Waals surface area contributed by atoms with Gasteiger partial charge in [0.1, 0.15) is 11.6 Å². The molecule has 1 fully saturated rings. The molecule has 32 heavy (non-hydrogen) atoms. The Labute approximate surface area is 187 Å². The monoisotopic (exact) mass is 450 g/mol. The minimum absolute atomic E-state index is 0.344. The van der Waals surface area contributed by atoms with Gasteiger partial charge in [0.2, 0.25) is 0 Å². The van der Waals surface area contributed by atoms with Gasteiger partial charge in [-0.05, 0) is 54.7 Å². The third-order valence-corrected chi connectivity index (χ3v) is 6.64. The lowest BCUT2D eigenvalue weighted by Gasteiger charge is -2.32. The summed E-state index contributed by atoms with van der Waals surface area (Å²) in [5.41, 5.74) is 0.446. The van der Waals surface area contributed by atoms with Crippen LogP contribution in [0.5, 0.6) is 5.75 Å². The molecular formula is C26H30F4O2. The van der Waals surface area contributed by atoms with Crippen molar-refractivity contribution in [2.75, 3.05) is 0 Å². The molecule has 0 N–H and O–H groups in total. The van der Waals surface area contributed by atoms with Gasteiger partial charge in [0.05, 0.1) is 5.56 Å². The second kappa shape index (κ2) is 11.0. The molecule has 0 aliphatic heterocycles. The van der Waals surface area contributed by atoms with Crippen LogP contribution in [-0.2, 0) is 6.42 Å². The summed E-state index contributed by atoms with van der Waals surface area (Å²) in [6.07, 6.45) is 9.49. The molecule has 2 aromatic rings. The number of carbonyl (C=O) groups is 1. The average molecular weight is 451 g/mol. The Morgan fingerprint density at radius 2 is 1.66 bits per heavy atom. The van der Waals surface area contributed by atoms with Crippen LogP contribution >= 0.6 is 0 Å². The van der Waals surface area contributed by atoms with Crippen molar-refractivity contribution in [3.63, 3.8) is 0 Å². The van der Waals surface area contributed by atoms with Gasteiger partial charge in [-0.2, -0.15) is 0 Å². The van der Waals surface area contributed by atoms with Crippen molar-refractivity contribution < 1.29 is 27.1 Å². The first-order chi connectivity index (χ1) is 15.3. The third-order valence-electron chi connectivity index (χ3n) is 6.64.